The van der Waals surface area contributed by atoms with Gasteiger partial charge in [-0.1, -0.05) is 0 Å². The highest BCUT2D eigenvalue weighted by Gasteiger charge is 2.18. The van der Waals surface area contributed by atoms with Crippen LogP contribution in [0.15, 0.2) is 41.3 Å². The average Bonchev–Trinajstić information content (AvgIpc) is 3.41. The SMILES string of the molecule is CCn1cc(-c2cc3c(-c4ccc(Br)c(N5CCNCC5)n4)n[nH]c3cn2)cn1. The summed E-state index contributed by atoms with van der Waals surface area (Å²) in [4.78, 5) is 11.8. The highest BCUT2D eigenvalue weighted by molar-refractivity contribution is 9.10. The van der Waals surface area contributed by atoms with E-state index >= 15 is 0 Å². The van der Waals surface area contributed by atoms with E-state index in [1.54, 1.807) is 0 Å². The molecule has 0 atom stereocenters. The first-order chi connectivity index (χ1) is 14.2. The smallest absolute Gasteiger partial charge is 0.143 e. The molecule has 0 amide bonds. The van der Waals surface area contributed by atoms with Crippen LogP contribution in [0.25, 0.3) is 33.5 Å². The molecule has 4 aromatic heterocycles. The minimum Gasteiger partial charge on any atom is -0.353 e. The molecule has 1 fully saturated rings. The monoisotopic (exact) mass is 452 g/mol. The normalized spacial score (nSPS) is 14.6. The van der Waals surface area contributed by atoms with Gasteiger partial charge in [0.1, 0.15) is 11.5 Å². The number of aromatic amines is 1. The Balaban J connectivity index is 1.57. The van der Waals surface area contributed by atoms with Crippen molar-refractivity contribution in [3.05, 3.63) is 41.3 Å². The van der Waals surface area contributed by atoms with Gasteiger partial charge in [0.25, 0.3) is 0 Å². The number of anilines is 1. The predicted molar refractivity (Wildman–Crippen MR) is 117 cm³/mol. The van der Waals surface area contributed by atoms with Crippen LogP contribution in [0.2, 0.25) is 0 Å². The molecule has 2 N–H and O–H groups in total. The molecule has 9 heteroatoms. The van der Waals surface area contributed by atoms with Crippen LogP contribution >= 0.6 is 15.9 Å². The maximum absolute atomic E-state index is 4.94. The summed E-state index contributed by atoms with van der Waals surface area (Å²) in [5.41, 5.74) is 4.43. The van der Waals surface area contributed by atoms with Crippen molar-refractivity contribution in [2.24, 2.45) is 0 Å². The van der Waals surface area contributed by atoms with E-state index in [0.29, 0.717) is 0 Å². The molecule has 1 saturated heterocycles. The van der Waals surface area contributed by atoms with E-state index < -0.39 is 0 Å². The lowest BCUT2D eigenvalue weighted by Crippen LogP contribution is -2.44. The standard InChI is InChI=1S/C20H21BrN8/c1-2-29-12-13(10-24-29)17-9-14-18(11-23-17)26-27-19(14)16-4-3-15(21)20(25-16)28-7-5-22-6-8-28/h3-4,9-12,22H,2,5-8H2,1H3,(H,26,27). The zero-order valence-corrected chi connectivity index (χ0v) is 17.6. The molecule has 148 valence electrons. The topological polar surface area (TPSA) is 87.5 Å². The number of nitrogens with one attached hydrogen (secondary N) is 2. The van der Waals surface area contributed by atoms with E-state index in [9.17, 15) is 0 Å². The Morgan fingerprint density at radius 3 is 2.79 bits per heavy atom. The van der Waals surface area contributed by atoms with Gasteiger partial charge in [0.05, 0.1) is 33.8 Å². The summed E-state index contributed by atoms with van der Waals surface area (Å²) < 4.78 is 2.89. The van der Waals surface area contributed by atoms with Crippen LogP contribution < -0.4 is 10.2 Å². The van der Waals surface area contributed by atoms with Gasteiger partial charge in [-0.15, -0.1) is 0 Å². The van der Waals surface area contributed by atoms with Gasteiger partial charge >= 0.3 is 0 Å². The third-order valence-corrected chi connectivity index (χ3v) is 5.81. The second-order valence-electron chi connectivity index (χ2n) is 7.01. The minimum absolute atomic E-state index is 0.829. The number of hydrogen-bond donors (Lipinski definition) is 2. The molecule has 0 saturated carbocycles. The number of rotatable bonds is 4. The number of hydrogen-bond acceptors (Lipinski definition) is 6. The van der Waals surface area contributed by atoms with Gasteiger partial charge in [-0.05, 0) is 41.1 Å². The minimum atomic E-state index is 0.829. The molecule has 0 aromatic carbocycles. The molecular weight excluding hydrogens is 432 g/mol. The van der Waals surface area contributed by atoms with Gasteiger partial charge < -0.3 is 10.2 Å². The van der Waals surface area contributed by atoms with Gasteiger partial charge in [-0.3, -0.25) is 14.8 Å². The molecule has 0 aliphatic carbocycles. The van der Waals surface area contributed by atoms with E-state index in [4.69, 9.17) is 4.98 Å². The van der Waals surface area contributed by atoms with Crippen LogP contribution in [-0.2, 0) is 6.54 Å². The Kier molecular flexibility index (Phi) is 4.76. The summed E-state index contributed by atoms with van der Waals surface area (Å²) in [6.45, 7) is 6.69. The van der Waals surface area contributed by atoms with Crippen molar-refractivity contribution in [3.8, 4) is 22.6 Å². The van der Waals surface area contributed by atoms with E-state index in [1.165, 1.54) is 0 Å². The Labute approximate surface area is 176 Å². The van der Waals surface area contributed by atoms with Crippen LogP contribution in [0.1, 0.15) is 6.92 Å². The van der Waals surface area contributed by atoms with Gasteiger partial charge in [0.2, 0.25) is 0 Å². The zero-order chi connectivity index (χ0) is 19.8. The number of aryl methyl sites for hydroxylation is 1. The average molecular weight is 453 g/mol. The molecule has 29 heavy (non-hydrogen) atoms. The lowest BCUT2D eigenvalue weighted by Gasteiger charge is -2.29. The second-order valence-corrected chi connectivity index (χ2v) is 7.87. The highest BCUT2D eigenvalue weighted by Crippen LogP contribution is 2.32. The van der Waals surface area contributed by atoms with E-state index in [0.717, 1.165) is 76.6 Å². The maximum Gasteiger partial charge on any atom is 0.143 e. The fourth-order valence-electron chi connectivity index (χ4n) is 3.60. The molecule has 5 rings (SSSR count). The summed E-state index contributed by atoms with van der Waals surface area (Å²) in [5.74, 6) is 0.957. The molecule has 1 aliphatic heterocycles. The van der Waals surface area contributed by atoms with Gasteiger partial charge in [0, 0.05) is 49.9 Å². The summed E-state index contributed by atoms with van der Waals surface area (Å²) in [5, 5.41) is 16.4. The third-order valence-electron chi connectivity index (χ3n) is 5.19. The fourth-order valence-corrected chi connectivity index (χ4v) is 4.07. The van der Waals surface area contributed by atoms with Crippen molar-refractivity contribution >= 4 is 32.7 Å². The Morgan fingerprint density at radius 1 is 1.14 bits per heavy atom. The summed E-state index contributed by atoms with van der Waals surface area (Å²) in [6, 6.07) is 6.10. The van der Waals surface area contributed by atoms with Crippen LogP contribution in [0.5, 0.6) is 0 Å². The third kappa shape index (κ3) is 3.40. The maximum atomic E-state index is 4.94. The molecule has 0 bridgehead atoms. The number of piperazine rings is 1. The first kappa shape index (κ1) is 18.3. The lowest BCUT2D eigenvalue weighted by atomic mass is 10.1. The first-order valence-corrected chi connectivity index (χ1v) is 10.5. The number of nitrogens with zero attached hydrogens (tertiary/aromatic N) is 6. The number of H-pyrrole nitrogens is 1. The number of halogens is 1. The molecule has 5 heterocycles. The molecule has 0 unspecified atom stereocenters. The van der Waals surface area contributed by atoms with Crippen molar-refractivity contribution in [3.63, 3.8) is 0 Å². The Hall–Kier alpha value is -2.78. The summed E-state index contributed by atoms with van der Waals surface area (Å²) in [6.07, 6.45) is 5.67. The molecular formula is C20H21BrN8. The van der Waals surface area contributed by atoms with E-state index in [2.05, 4.69) is 59.4 Å². The predicted octanol–water partition coefficient (Wildman–Crippen LogP) is 3.08. The van der Waals surface area contributed by atoms with E-state index in [1.807, 2.05) is 35.4 Å². The molecule has 0 spiro atoms. The Bertz CT molecular complexity index is 1160. The van der Waals surface area contributed by atoms with Gasteiger partial charge in [0.15, 0.2) is 0 Å². The fraction of sp³-hybridized carbons (Fsp3) is 0.300. The molecule has 4 aromatic rings. The van der Waals surface area contributed by atoms with E-state index in [-0.39, 0.29) is 0 Å². The summed E-state index contributed by atoms with van der Waals surface area (Å²) >= 11 is 3.66. The highest BCUT2D eigenvalue weighted by atomic mass is 79.9. The zero-order valence-electron chi connectivity index (χ0n) is 16.1. The van der Waals surface area contributed by atoms with Crippen molar-refractivity contribution < 1.29 is 0 Å². The molecule has 1 aliphatic rings. The lowest BCUT2D eigenvalue weighted by molar-refractivity contribution is 0.584. The largest absolute Gasteiger partial charge is 0.353 e. The Morgan fingerprint density at radius 2 is 2.00 bits per heavy atom. The number of aromatic nitrogens is 6. The van der Waals surface area contributed by atoms with Gasteiger partial charge in [-0.25, -0.2) is 4.98 Å². The van der Waals surface area contributed by atoms with Crippen molar-refractivity contribution in [2.45, 2.75) is 13.5 Å². The molecule has 8 nitrogen and oxygen atoms in total. The molecule has 0 radical (unpaired) electrons. The van der Waals surface area contributed by atoms with Crippen LogP contribution in [-0.4, -0.2) is 56.1 Å². The van der Waals surface area contributed by atoms with Gasteiger partial charge in [-0.2, -0.15) is 10.2 Å². The first-order valence-electron chi connectivity index (χ1n) is 9.72. The van der Waals surface area contributed by atoms with Crippen LogP contribution in [0, 0.1) is 0 Å². The second kappa shape index (κ2) is 7.57. The summed E-state index contributed by atoms with van der Waals surface area (Å²) in [7, 11) is 0. The quantitative estimate of drug-likeness (QED) is 0.494. The number of pyridine rings is 2. The van der Waals surface area contributed by atoms with Crippen LogP contribution in [0.4, 0.5) is 5.82 Å². The van der Waals surface area contributed by atoms with Crippen molar-refractivity contribution in [1.29, 1.82) is 0 Å². The van der Waals surface area contributed by atoms with Crippen molar-refractivity contribution in [1.82, 2.24) is 35.3 Å². The van der Waals surface area contributed by atoms with Crippen LogP contribution in [0.3, 0.4) is 0 Å². The number of fused-ring (bicyclic) bond motifs is 1. The van der Waals surface area contributed by atoms with Crippen molar-refractivity contribution in [2.75, 3.05) is 31.1 Å².